The van der Waals surface area contributed by atoms with Crippen LogP contribution >= 0.6 is 25.3 Å². The minimum Gasteiger partial charge on any atom is -0.662 e. The normalized spacial score (nSPS) is 9.33. The SMILES string of the molecule is CCC[CH2][Sn+]([CH2]CCC)[CH2]CCC.CCC[CH2][Sn+]([CH2]CCC)[CH2]CCC.O=C(CO)O[O-].O=C(CO)O[O-].SCCS. The fourth-order valence-corrected chi connectivity index (χ4v) is 22.3. The van der Waals surface area contributed by atoms with Crippen LogP contribution in [0.2, 0.25) is 26.6 Å². The summed E-state index contributed by atoms with van der Waals surface area (Å²) in [6, 6.07) is 0. The molecule has 0 saturated carbocycles. The van der Waals surface area contributed by atoms with E-state index in [2.05, 4.69) is 76.6 Å². The van der Waals surface area contributed by atoms with Crippen molar-refractivity contribution in [3.8, 4) is 0 Å². The topological polar surface area (TPSA) is 139 Å². The van der Waals surface area contributed by atoms with Gasteiger partial charge in [-0.1, -0.05) is 0 Å². The van der Waals surface area contributed by atoms with Crippen LogP contribution in [0.5, 0.6) is 0 Å². The first-order valence-electron chi connectivity index (χ1n) is 16.0. The number of hydrogen-bond acceptors (Lipinski definition) is 10. The summed E-state index contributed by atoms with van der Waals surface area (Å²) >= 11 is 6.01. The van der Waals surface area contributed by atoms with E-state index in [1.807, 2.05) is 0 Å². The molecule has 0 aromatic rings. The van der Waals surface area contributed by atoms with Crippen molar-refractivity contribution in [1.82, 2.24) is 0 Å². The average Bonchev–Trinajstić information content (AvgIpc) is 3.04. The van der Waals surface area contributed by atoms with Gasteiger partial charge in [-0.2, -0.15) is 25.3 Å². The number of carbonyl (C=O) groups is 2. The van der Waals surface area contributed by atoms with Gasteiger partial charge in [0.05, 0.1) is 0 Å². The standard InChI is InChI=1S/6C4H9.2C2H4O4.C2H6S2.2Sn/c6*1-3-4-2;2*3-1-2(4)6-5;3-1-2-4;;/h6*1,3-4H2,2H3;2*3,5H,1H2;3-4H,1-2H2;;/q;;;;;;;;;2*+1/p-2. The predicted molar refractivity (Wildman–Crippen MR) is 184 cm³/mol. The molecule has 0 aliphatic heterocycles. The van der Waals surface area contributed by atoms with Gasteiger partial charge in [-0.05, 0) is 11.5 Å². The van der Waals surface area contributed by atoms with Crippen LogP contribution in [0.15, 0.2) is 0 Å². The quantitative estimate of drug-likeness (QED) is 0.0464. The summed E-state index contributed by atoms with van der Waals surface area (Å²) in [5, 5.41) is 33.0. The molecule has 0 aliphatic rings. The molecule has 0 fully saturated rings. The first kappa shape index (κ1) is 52.6. The van der Waals surface area contributed by atoms with Crippen molar-refractivity contribution in [2.75, 3.05) is 24.7 Å². The maximum Gasteiger partial charge on any atom is 0.326 e. The van der Waals surface area contributed by atoms with Crippen molar-refractivity contribution >= 4 is 76.7 Å². The third-order valence-corrected chi connectivity index (χ3v) is 24.8. The maximum absolute atomic E-state index is 9.40. The van der Waals surface area contributed by atoms with Crippen LogP contribution in [-0.2, 0) is 19.4 Å². The molecule has 0 bridgehead atoms. The first-order chi connectivity index (χ1) is 20.2. The van der Waals surface area contributed by atoms with E-state index in [0.717, 1.165) is 11.5 Å². The summed E-state index contributed by atoms with van der Waals surface area (Å²) in [6.07, 6.45) is 17.7. The molecule has 0 rings (SSSR count). The summed E-state index contributed by atoms with van der Waals surface area (Å²) < 4.78 is 10.1. The van der Waals surface area contributed by atoms with Gasteiger partial charge in [-0.3, -0.25) is 0 Å². The zero-order chi connectivity index (χ0) is 33.3. The molecule has 0 spiro atoms. The van der Waals surface area contributed by atoms with E-state index in [4.69, 9.17) is 20.7 Å². The van der Waals surface area contributed by atoms with E-state index >= 15 is 0 Å². The Balaban J connectivity index is -0.000000146. The van der Waals surface area contributed by atoms with E-state index in [9.17, 15) is 9.59 Å². The minimum atomic E-state index is -1.16. The second-order valence-corrected chi connectivity index (χ2v) is 27.8. The first-order valence-corrected chi connectivity index (χ1v) is 29.4. The van der Waals surface area contributed by atoms with Crippen LogP contribution in [0, 0.1) is 0 Å². The number of unbranched alkanes of at least 4 members (excludes halogenated alkanes) is 6. The molecule has 2 N–H and O–H groups in total. The molecule has 8 nitrogen and oxygen atoms in total. The Morgan fingerprint density at radius 1 is 0.524 bits per heavy atom. The summed E-state index contributed by atoms with van der Waals surface area (Å²) in [5.74, 6) is -0.559. The molecule has 0 aromatic carbocycles. The van der Waals surface area contributed by atoms with Crippen molar-refractivity contribution in [3.05, 3.63) is 0 Å². The largest absolute Gasteiger partial charge is 0.662 e. The predicted octanol–water partition coefficient (Wildman–Crippen LogP) is 6.20. The van der Waals surface area contributed by atoms with E-state index in [1.165, 1.54) is 77.0 Å². The van der Waals surface area contributed by atoms with Gasteiger partial charge in [0.1, 0.15) is 13.2 Å². The second-order valence-electron chi connectivity index (χ2n) is 9.80. The zero-order valence-corrected chi connectivity index (χ0v) is 35.3. The number of thiol groups is 2. The molecule has 0 heterocycles. The second kappa shape index (κ2) is 51.6. The zero-order valence-electron chi connectivity index (χ0n) is 27.8. The Bertz CT molecular complexity index is 404. The van der Waals surface area contributed by atoms with E-state index in [1.54, 1.807) is 26.6 Å². The third kappa shape index (κ3) is 56.8. The number of rotatable bonds is 21. The molecule has 0 saturated heterocycles. The molecule has 0 amide bonds. The molecule has 0 unspecified atom stereocenters. The monoisotopic (exact) mass is 858 g/mol. The van der Waals surface area contributed by atoms with Crippen LogP contribution < -0.4 is 10.5 Å². The van der Waals surface area contributed by atoms with Gasteiger partial charge in [0.15, 0.2) is 0 Å². The molecular weight excluding hydrogens is 790 g/mol. The van der Waals surface area contributed by atoms with Crippen LogP contribution in [-0.4, -0.2) is 86.4 Å². The van der Waals surface area contributed by atoms with E-state index in [0.29, 0.717) is 0 Å². The molecule has 254 valence electrons. The molecule has 12 heteroatoms. The summed E-state index contributed by atoms with van der Waals surface area (Å²) in [6.45, 7) is 12.3. The molecule has 0 aromatic heterocycles. The molecule has 0 aliphatic carbocycles. The average molecular weight is 856 g/mol. The van der Waals surface area contributed by atoms with Crippen molar-refractivity contribution in [3.63, 3.8) is 0 Å². The Morgan fingerprint density at radius 2 is 0.714 bits per heavy atom. The van der Waals surface area contributed by atoms with Gasteiger partial charge in [-0.15, -0.1) is 0 Å². The van der Waals surface area contributed by atoms with Crippen molar-refractivity contribution in [2.45, 2.75) is 145 Å². The molecule has 0 atom stereocenters. The fourth-order valence-electron chi connectivity index (χ4n) is 3.36. The molecule has 42 heavy (non-hydrogen) atoms. The van der Waals surface area contributed by atoms with Gasteiger partial charge < -0.3 is 30.5 Å². The van der Waals surface area contributed by atoms with Crippen LogP contribution in [0.3, 0.4) is 0 Å². The Morgan fingerprint density at radius 3 is 0.786 bits per heavy atom. The number of aliphatic hydroxyl groups is 2. The van der Waals surface area contributed by atoms with Gasteiger partial charge >= 0.3 is 197 Å². The smallest absolute Gasteiger partial charge is 0.326 e. The van der Waals surface area contributed by atoms with E-state index in [-0.39, 0.29) is 0 Å². The van der Waals surface area contributed by atoms with E-state index < -0.39 is 64.7 Å². The number of aliphatic hydroxyl groups excluding tert-OH is 2. The summed E-state index contributed by atoms with van der Waals surface area (Å²) in [5.41, 5.74) is 0. The van der Waals surface area contributed by atoms with Crippen LogP contribution in [0.4, 0.5) is 0 Å². The Hall–Kier alpha value is 1.08. The minimum absolute atomic E-state index is 0.839. The van der Waals surface area contributed by atoms with Crippen molar-refractivity contribution in [2.24, 2.45) is 0 Å². The Kier molecular flexibility index (Phi) is 64.7. The summed E-state index contributed by atoms with van der Waals surface area (Å²) in [7, 11) is 0. The van der Waals surface area contributed by atoms with Crippen molar-refractivity contribution < 1.29 is 40.1 Å². The van der Waals surface area contributed by atoms with Gasteiger partial charge in [-0.25, -0.2) is 9.59 Å². The maximum atomic E-state index is 9.40. The third-order valence-electron chi connectivity index (χ3n) is 5.85. The number of hydrogen-bond donors (Lipinski definition) is 4. The summed E-state index contributed by atoms with van der Waals surface area (Å²) in [4.78, 5) is 24.3. The Labute approximate surface area is 284 Å². The van der Waals surface area contributed by atoms with Gasteiger partial charge in [0, 0.05) is 0 Å². The van der Waals surface area contributed by atoms with Gasteiger partial charge in [0.25, 0.3) is 0 Å². The molecule has 0 radical (unpaired) electrons. The molecular formula is C30H66O8S2Sn2. The van der Waals surface area contributed by atoms with Gasteiger partial charge in [0.2, 0.25) is 0 Å². The van der Waals surface area contributed by atoms with Crippen LogP contribution in [0.25, 0.3) is 0 Å². The number of carbonyl (C=O) groups excluding carboxylic acids is 2. The van der Waals surface area contributed by atoms with Crippen molar-refractivity contribution in [1.29, 1.82) is 0 Å². The van der Waals surface area contributed by atoms with Crippen LogP contribution in [0.1, 0.15) is 119 Å². The fraction of sp³-hybridized carbons (Fsp3) is 0.933.